The summed E-state index contributed by atoms with van der Waals surface area (Å²) in [6.45, 7) is 2.82. The van der Waals surface area contributed by atoms with E-state index in [9.17, 15) is 4.79 Å². The number of benzene rings is 1. The molecule has 96 valence electrons. The van der Waals surface area contributed by atoms with Gasteiger partial charge >= 0.3 is 0 Å². The predicted molar refractivity (Wildman–Crippen MR) is 73.9 cm³/mol. The summed E-state index contributed by atoms with van der Waals surface area (Å²) in [4.78, 5) is 17.5. The minimum absolute atomic E-state index is 0.747. The molecule has 1 aliphatic rings. The van der Waals surface area contributed by atoms with E-state index in [-0.39, 0.29) is 0 Å². The molecule has 0 unspecified atom stereocenters. The summed E-state index contributed by atoms with van der Waals surface area (Å²) in [6, 6.07) is 10.5. The Balaban J connectivity index is 1.77. The van der Waals surface area contributed by atoms with Gasteiger partial charge in [0.15, 0.2) is 6.29 Å². The molecular formula is C16H16N2O. The second kappa shape index (κ2) is 5.33. The van der Waals surface area contributed by atoms with Gasteiger partial charge < -0.3 is 0 Å². The highest BCUT2D eigenvalue weighted by Gasteiger charge is 2.18. The van der Waals surface area contributed by atoms with Crippen molar-refractivity contribution in [2.75, 3.05) is 6.54 Å². The fourth-order valence-corrected chi connectivity index (χ4v) is 2.66. The van der Waals surface area contributed by atoms with E-state index in [1.165, 1.54) is 16.7 Å². The number of rotatable bonds is 3. The molecule has 2 aromatic rings. The van der Waals surface area contributed by atoms with Gasteiger partial charge in [-0.25, -0.2) is 0 Å². The van der Waals surface area contributed by atoms with Gasteiger partial charge in [0.25, 0.3) is 0 Å². The van der Waals surface area contributed by atoms with E-state index in [4.69, 9.17) is 0 Å². The van der Waals surface area contributed by atoms with Crippen LogP contribution < -0.4 is 0 Å². The van der Waals surface area contributed by atoms with Gasteiger partial charge in [0.1, 0.15) is 0 Å². The molecule has 1 aliphatic heterocycles. The molecule has 1 aromatic heterocycles. The molecule has 0 bridgehead atoms. The largest absolute Gasteiger partial charge is 0.298 e. The van der Waals surface area contributed by atoms with Gasteiger partial charge in [-0.1, -0.05) is 30.3 Å². The third kappa shape index (κ3) is 2.56. The number of pyridine rings is 1. The molecule has 0 fully saturated rings. The highest BCUT2D eigenvalue weighted by atomic mass is 16.1. The Kier molecular flexibility index (Phi) is 3.38. The summed E-state index contributed by atoms with van der Waals surface area (Å²) in [5, 5.41) is 0. The van der Waals surface area contributed by atoms with Crippen LogP contribution in [0.25, 0.3) is 0 Å². The first-order valence-corrected chi connectivity index (χ1v) is 6.54. The van der Waals surface area contributed by atoms with Crippen LogP contribution in [0.3, 0.4) is 0 Å². The van der Waals surface area contributed by atoms with Crippen LogP contribution in [-0.2, 0) is 19.5 Å². The van der Waals surface area contributed by atoms with Crippen molar-refractivity contribution in [2.45, 2.75) is 19.5 Å². The lowest BCUT2D eigenvalue weighted by atomic mass is 9.97. The lowest BCUT2D eigenvalue weighted by molar-refractivity contribution is 0.112. The number of fused-ring (bicyclic) bond motifs is 1. The van der Waals surface area contributed by atoms with Crippen LogP contribution in [0.1, 0.15) is 27.0 Å². The number of aldehydes is 1. The smallest absolute Gasteiger partial charge is 0.151 e. The molecule has 3 rings (SSSR count). The SMILES string of the molecule is O=Cc1cncc2c1CCN(Cc1ccccc1)C2. The quantitative estimate of drug-likeness (QED) is 0.787. The van der Waals surface area contributed by atoms with E-state index < -0.39 is 0 Å². The zero-order chi connectivity index (χ0) is 13.1. The molecule has 0 N–H and O–H groups in total. The lowest BCUT2D eigenvalue weighted by Gasteiger charge is -2.29. The standard InChI is InChI=1S/C16H16N2O/c19-12-15-9-17-8-14-11-18(7-6-16(14)15)10-13-4-2-1-3-5-13/h1-5,8-9,12H,6-7,10-11H2. The summed E-state index contributed by atoms with van der Waals surface area (Å²) in [7, 11) is 0. The third-order valence-corrected chi connectivity index (χ3v) is 3.63. The molecule has 2 heterocycles. The number of carbonyl (C=O) groups excluding carboxylic acids is 1. The number of aromatic nitrogens is 1. The Morgan fingerprint density at radius 1 is 1.21 bits per heavy atom. The average Bonchev–Trinajstić information content (AvgIpc) is 2.47. The molecule has 0 amide bonds. The van der Waals surface area contributed by atoms with Crippen molar-refractivity contribution >= 4 is 6.29 Å². The molecule has 0 radical (unpaired) electrons. The highest BCUT2D eigenvalue weighted by Crippen LogP contribution is 2.21. The van der Waals surface area contributed by atoms with Crippen molar-refractivity contribution in [1.82, 2.24) is 9.88 Å². The Morgan fingerprint density at radius 3 is 2.84 bits per heavy atom. The second-order valence-electron chi connectivity index (χ2n) is 4.93. The van der Waals surface area contributed by atoms with Crippen molar-refractivity contribution in [1.29, 1.82) is 0 Å². The molecule has 0 atom stereocenters. The third-order valence-electron chi connectivity index (χ3n) is 3.63. The van der Waals surface area contributed by atoms with E-state index in [0.717, 1.165) is 37.9 Å². The molecular weight excluding hydrogens is 236 g/mol. The van der Waals surface area contributed by atoms with Gasteiger partial charge in [0.05, 0.1) is 0 Å². The number of hydrogen-bond donors (Lipinski definition) is 0. The minimum atomic E-state index is 0.747. The van der Waals surface area contributed by atoms with Gasteiger partial charge in [-0.3, -0.25) is 14.7 Å². The maximum absolute atomic E-state index is 11.0. The summed E-state index contributed by atoms with van der Waals surface area (Å²) in [6.07, 6.45) is 5.40. The van der Waals surface area contributed by atoms with Crippen LogP contribution in [-0.4, -0.2) is 22.7 Å². The average molecular weight is 252 g/mol. The van der Waals surface area contributed by atoms with Crippen LogP contribution in [0.2, 0.25) is 0 Å². The molecule has 19 heavy (non-hydrogen) atoms. The van der Waals surface area contributed by atoms with Crippen LogP contribution in [0, 0.1) is 0 Å². The van der Waals surface area contributed by atoms with Gasteiger partial charge in [-0.05, 0) is 23.1 Å². The number of carbonyl (C=O) groups is 1. The lowest BCUT2D eigenvalue weighted by Crippen LogP contribution is -2.30. The van der Waals surface area contributed by atoms with E-state index in [0.29, 0.717) is 0 Å². The first kappa shape index (κ1) is 12.1. The van der Waals surface area contributed by atoms with Gasteiger partial charge in [0.2, 0.25) is 0 Å². The predicted octanol–water partition coefficient (Wildman–Crippen LogP) is 2.45. The maximum atomic E-state index is 11.0. The van der Waals surface area contributed by atoms with Crippen LogP contribution in [0.5, 0.6) is 0 Å². The normalized spacial score (nSPS) is 14.9. The monoisotopic (exact) mass is 252 g/mol. The van der Waals surface area contributed by atoms with Crippen molar-refractivity contribution in [2.24, 2.45) is 0 Å². The van der Waals surface area contributed by atoms with Gasteiger partial charge in [-0.15, -0.1) is 0 Å². The summed E-state index contributed by atoms with van der Waals surface area (Å²) in [5.74, 6) is 0. The first-order valence-electron chi connectivity index (χ1n) is 6.54. The molecule has 0 spiro atoms. The molecule has 1 aromatic carbocycles. The number of nitrogens with zero attached hydrogens (tertiary/aromatic N) is 2. The van der Waals surface area contributed by atoms with E-state index >= 15 is 0 Å². The van der Waals surface area contributed by atoms with E-state index in [2.05, 4.69) is 34.1 Å². The van der Waals surface area contributed by atoms with E-state index in [1.807, 2.05) is 12.3 Å². The zero-order valence-electron chi connectivity index (χ0n) is 10.7. The second-order valence-corrected chi connectivity index (χ2v) is 4.93. The highest BCUT2D eigenvalue weighted by molar-refractivity contribution is 5.77. The van der Waals surface area contributed by atoms with Crippen LogP contribution in [0.4, 0.5) is 0 Å². The Hall–Kier alpha value is -2.00. The Morgan fingerprint density at radius 2 is 2.05 bits per heavy atom. The van der Waals surface area contributed by atoms with Crippen molar-refractivity contribution in [3.63, 3.8) is 0 Å². The topological polar surface area (TPSA) is 33.2 Å². The maximum Gasteiger partial charge on any atom is 0.151 e. The molecule has 0 aliphatic carbocycles. The first-order chi connectivity index (χ1) is 9.36. The van der Waals surface area contributed by atoms with Gasteiger partial charge in [0, 0.05) is 37.6 Å². The molecule has 3 heteroatoms. The number of hydrogen-bond acceptors (Lipinski definition) is 3. The Bertz CT molecular complexity index is 581. The van der Waals surface area contributed by atoms with E-state index in [1.54, 1.807) is 6.20 Å². The van der Waals surface area contributed by atoms with Crippen molar-refractivity contribution < 1.29 is 4.79 Å². The zero-order valence-corrected chi connectivity index (χ0v) is 10.7. The fourth-order valence-electron chi connectivity index (χ4n) is 2.66. The van der Waals surface area contributed by atoms with Crippen molar-refractivity contribution in [3.8, 4) is 0 Å². The van der Waals surface area contributed by atoms with Crippen LogP contribution in [0.15, 0.2) is 42.7 Å². The van der Waals surface area contributed by atoms with Crippen LogP contribution >= 0.6 is 0 Å². The molecule has 0 saturated carbocycles. The molecule has 0 saturated heterocycles. The summed E-state index contributed by atoms with van der Waals surface area (Å²) < 4.78 is 0. The van der Waals surface area contributed by atoms with Gasteiger partial charge in [-0.2, -0.15) is 0 Å². The summed E-state index contributed by atoms with van der Waals surface area (Å²) in [5.41, 5.74) is 4.43. The summed E-state index contributed by atoms with van der Waals surface area (Å²) >= 11 is 0. The molecule has 3 nitrogen and oxygen atoms in total. The van der Waals surface area contributed by atoms with Crippen molar-refractivity contribution in [3.05, 3.63) is 65.0 Å². The Labute approximate surface area is 112 Å². The fraction of sp³-hybridized carbons (Fsp3) is 0.250. The minimum Gasteiger partial charge on any atom is -0.298 e.